The molecule has 0 aromatic carbocycles. The first-order chi connectivity index (χ1) is 6.40. The van der Waals surface area contributed by atoms with Gasteiger partial charge in [-0.05, 0) is 18.7 Å². The maximum absolute atomic E-state index is 4.28. The first-order valence-electron chi connectivity index (χ1n) is 4.46. The van der Waals surface area contributed by atoms with E-state index in [2.05, 4.69) is 20.5 Å². The summed E-state index contributed by atoms with van der Waals surface area (Å²) in [6.45, 7) is 2.25. The molecule has 70 valence electrons. The molecule has 2 heterocycles. The molecule has 3 nitrogen and oxygen atoms in total. The largest absolute Gasteiger partial charge is 0.250 e. The summed E-state index contributed by atoms with van der Waals surface area (Å²) >= 11 is 1.81. The minimum Gasteiger partial charge on any atom is -0.250 e. The fourth-order valence-electron chi connectivity index (χ4n) is 1.63. The molecule has 1 aliphatic rings. The summed E-state index contributed by atoms with van der Waals surface area (Å²) in [5.41, 5.74) is 0. The van der Waals surface area contributed by atoms with Crippen LogP contribution in [0.3, 0.4) is 0 Å². The van der Waals surface area contributed by atoms with Crippen molar-refractivity contribution in [3.05, 3.63) is 24.3 Å². The normalized spacial score (nSPS) is 23.6. The zero-order chi connectivity index (χ0) is 9.10. The molecule has 1 aliphatic heterocycles. The van der Waals surface area contributed by atoms with Gasteiger partial charge in [0, 0.05) is 31.4 Å². The van der Waals surface area contributed by atoms with E-state index in [0.717, 1.165) is 18.9 Å². The minimum atomic E-state index is 0.536. The Kier molecular flexibility index (Phi) is 2.80. The Bertz CT molecular complexity index is 265. The van der Waals surface area contributed by atoms with Gasteiger partial charge in [0.05, 0.1) is 0 Å². The number of nitrogens with zero attached hydrogens (tertiary/aromatic N) is 3. The third-order valence-corrected chi connectivity index (χ3v) is 3.21. The Morgan fingerprint density at radius 1 is 1.46 bits per heavy atom. The molecule has 0 N–H and O–H groups in total. The molecule has 0 radical (unpaired) electrons. The lowest BCUT2D eigenvalue weighted by Crippen LogP contribution is -2.11. The second-order valence-electron chi connectivity index (χ2n) is 3.16. The average molecular weight is 195 g/mol. The molecule has 1 aromatic rings. The Hall–Kier alpha value is -0.610. The average Bonchev–Trinajstić information content (AvgIpc) is 2.67. The first kappa shape index (κ1) is 8.97. The number of rotatable bonds is 2. The highest BCUT2D eigenvalue weighted by Crippen LogP contribution is 2.27. The summed E-state index contributed by atoms with van der Waals surface area (Å²) in [5, 5.41) is 0. The SMILES string of the molecule is CSN1CCC(c2ncccn2)C1. The molecule has 0 spiro atoms. The summed E-state index contributed by atoms with van der Waals surface area (Å²) in [6, 6.07) is 1.87. The van der Waals surface area contributed by atoms with Crippen LogP contribution in [-0.4, -0.2) is 33.6 Å². The standard InChI is InChI=1S/C9H13N3S/c1-13-12-6-3-8(7-12)9-10-4-2-5-11-9/h2,4-5,8H,3,6-7H2,1H3. The molecule has 1 aromatic heterocycles. The zero-order valence-electron chi connectivity index (χ0n) is 7.68. The fraction of sp³-hybridized carbons (Fsp3) is 0.556. The van der Waals surface area contributed by atoms with Crippen molar-refractivity contribution in [2.45, 2.75) is 12.3 Å². The van der Waals surface area contributed by atoms with E-state index in [1.54, 1.807) is 0 Å². The van der Waals surface area contributed by atoms with Crippen molar-refractivity contribution in [1.82, 2.24) is 14.3 Å². The van der Waals surface area contributed by atoms with Crippen molar-refractivity contribution in [1.29, 1.82) is 0 Å². The monoisotopic (exact) mass is 195 g/mol. The van der Waals surface area contributed by atoms with Gasteiger partial charge < -0.3 is 0 Å². The van der Waals surface area contributed by atoms with E-state index < -0.39 is 0 Å². The topological polar surface area (TPSA) is 29.0 Å². The van der Waals surface area contributed by atoms with Crippen LogP contribution in [0, 0.1) is 0 Å². The second kappa shape index (κ2) is 4.07. The number of hydrogen-bond acceptors (Lipinski definition) is 4. The minimum absolute atomic E-state index is 0.536. The van der Waals surface area contributed by atoms with E-state index in [1.807, 2.05) is 30.4 Å². The Morgan fingerprint density at radius 2 is 2.23 bits per heavy atom. The Labute approximate surface area is 82.7 Å². The summed E-state index contributed by atoms with van der Waals surface area (Å²) in [4.78, 5) is 8.56. The predicted molar refractivity (Wildman–Crippen MR) is 54.5 cm³/mol. The summed E-state index contributed by atoms with van der Waals surface area (Å²) in [5.74, 6) is 1.53. The molecule has 1 fully saturated rings. The van der Waals surface area contributed by atoms with Crippen molar-refractivity contribution in [3.8, 4) is 0 Å². The van der Waals surface area contributed by atoms with E-state index in [0.29, 0.717) is 5.92 Å². The van der Waals surface area contributed by atoms with E-state index in [1.165, 1.54) is 6.42 Å². The molecular weight excluding hydrogens is 182 g/mol. The maximum Gasteiger partial charge on any atom is 0.132 e. The molecule has 4 heteroatoms. The zero-order valence-corrected chi connectivity index (χ0v) is 8.50. The molecule has 0 saturated carbocycles. The predicted octanol–water partition coefficient (Wildman–Crippen LogP) is 1.54. The van der Waals surface area contributed by atoms with Crippen LogP contribution < -0.4 is 0 Å². The summed E-state index contributed by atoms with van der Waals surface area (Å²) in [7, 11) is 0. The van der Waals surface area contributed by atoms with Gasteiger partial charge in [-0.15, -0.1) is 0 Å². The highest BCUT2D eigenvalue weighted by Gasteiger charge is 2.24. The third-order valence-electron chi connectivity index (χ3n) is 2.36. The molecule has 1 unspecified atom stereocenters. The van der Waals surface area contributed by atoms with Gasteiger partial charge >= 0.3 is 0 Å². The van der Waals surface area contributed by atoms with Crippen molar-refractivity contribution < 1.29 is 0 Å². The van der Waals surface area contributed by atoms with Gasteiger partial charge in [-0.3, -0.25) is 4.31 Å². The van der Waals surface area contributed by atoms with Crippen LogP contribution in [0.5, 0.6) is 0 Å². The fourth-order valence-corrected chi connectivity index (χ4v) is 2.24. The molecule has 2 rings (SSSR count). The molecule has 1 saturated heterocycles. The Balaban J connectivity index is 2.04. The smallest absolute Gasteiger partial charge is 0.132 e. The van der Waals surface area contributed by atoms with Crippen LogP contribution in [0.2, 0.25) is 0 Å². The summed E-state index contributed by atoms with van der Waals surface area (Å²) in [6.07, 6.45) is 6.95. The van der Waals surface area contributed by atoms with Crippen LogP contribution in [0.1, 0.15) is 18.2 Å². The Morgan fingerprint density at radius 3 is 2.85 bits per heavy atom. The van der Waals surface area contributed by atoms with Crippen molar-refractivity contribution in [3.63, 3.8) is 0 Å². The molecule has 13 heavy (non-hydrogen) atoms. The van der Waals surface area contributed by atoms with E-state index in [-0.39, 0.29) is 0 Å². The lowest BCUT2D eigenvalue weighted by atomic mass is 10.1. The maximum atomic E-state index is 4.28. The number of hydrogen-bond donors (Lipinski definition) is 0. The molecule has 1 atom stereocenters. The molecule has 0 amide bonds. The van der Waals surface area contributed by atoms with Gasteiger partial charge in [-0.25, -0.2) is 9.97 Å². The van der Waals surface area contributed by atoms with Crippen molar-refractivity contribution in [2.24, 2.45) is 0 Å². The van der Waals surface area contributed by atoms with Gasteiger partial charge in [0.25, 0.3) is 0 Å². The molecular formula is C9H13N3S. The van der Waals surface area contributed by atoms with Gasteiger partial charge in [-0.2, -0.15) is 0 Å². The highest BCUT2D eigenvalue weighted by atomic mass is 32.2. The lowest BCUT2D eigenvalue weighted by Gasteiger charge is -2.10. The van der Waals surface area contributed by atoms with Gasteiger partial charge in [-0.1, -0.05) is 11.9 Å². The first-order valence-corrected chi connectivity index (χ1v) is 5.64. The van der Waals surface area contributed by atoms with Crippen molar-refractivity contribution in [2.75, 3.05) is 19.3 Å². The molecule has 0 bridgehead atoms. The van der Waals surface area contributed by atoms with Crippen LogP contribution in [0.15, 0.2) is 18.5 Å². The number of aromatic nitrogens is 2. The van der Waals surface area contributed by atoms with Crippen LogP contribution >= 0.6 is 11.9 Å². The third kappa shape index (κ3) is 2.00. The molecule has 0 aliphatic carbocycles. The van der Waals surface area contributed by atoms with Crippen LogP contribution in [-0.2, 0) is 0 Å². The van der Waals surface area contributed by atoms with Gasteiger partial charge in [0.15, 0.2) is 0 Å². The van der Waals surface area contributed by atoms with E-state index in [4.69, 9.17) is 0 Å². The van der Waals surface area contributed by atoms with Crippen molar-refractivity contribution >= 4 is 11.9 Å². The summed E-state index contributed by atoms with van der Waals surface area (Å²) < 4.78 is 2.36. The van der Waals surface area contributed by atoms with E-state index >= 15 is 0 Å². The second-order valence-corrected chi connectivity index (χ2v) is 4.04. The van der Waals surface area contributed by atoms with Crippen LogP contribution in [0.25, 0.3) is 0 Å². The van der Waals surface area contributed by atoms with Gasteiger partial charge in [0.2, 0.25) is 0 Å². The quantitative estimate of drug-likeness (QED) is 0.669. The highest BCUT2D eigenvalue weighted by molar-refractivity contribution is 7.96. The lowest BCUT2D eigenvalue weighted by molar-refractivity contribution is 0.570. The van der Waals surface area contributed by atoms with Gasteiger partial charge in [0.1, 0.15) is 5.82 Å². The van der Waals surface area contributed by atoms with E-state index in [9.17, 15) is 0 Å². The van der Waals surface area contributed by atoms with Crippen LogP contribution in [0.4, 0.5) is 0 Å².